The molecule has 1 unspecified atom stereocenters. The average Bonchev–Trinajstić information content (AvgIpc) is 2.49. The molecule has 1 amide bonds. The van der Waals surface area contributed by atoms with E-state index in [9.17, 15) is 4.79 Å². The van der Waals surface area contributed by atoms with Crippen LogP contribution in [0.2, 0.25) is 0 Å². The number of nitrogens with two attached hydrogens (primary N) is 1. The van der Waals surface area contributed by atoms with E-state index in [1.165, 1.54) is 5.56 Å². The van der Waals surface area contributed by atoms with Gasteiger partial charge >= 0.3 is 0 Å². The number of hydrogen-bond acceptors (Lipinski definition) is 2. The van der Waals surface area contributed by atoms with E-state index in [-0.39, 0.29) is 11.8 Å². The predicted molar refractivity (Wildman–Crippen MR) is 43.3 cm³/mol. The first-order valence-corrected chi connectivity index (χ1v) is 4.08. The Hall–Kier alpha value is -1.32. The Kier molecular flexibility index (Phi) is 1.60. The molecule has 0 spiro atoms. The van der Waals surface area contributed by atoms with Crippen LogP contribution in [0.4, 0.5) is 0 Å². The Labute approximate surface area is 70.1 Å². The SMILES string of the molecule is NC(=O)C1CCc2cn[nH]c2C1. The molecule has 1 aromatic heterocycles. The lowest BCUT2D eigenvalue weighted by molar-refractivity contribution is -0.122. The maximum atomic E-state index is 10.9. The summed E-state index contributed by atoms with van der Waals surface area (Å²) in [6.07, 6.45) is 4.33. The molecular weight excluding hydrogens is 154 g/mol. The van der Waals surface area contributed by atoms with Crippen molar-refractivity contribution < 1.29 is 4.79 Å². The molecule has 0 fully saturated rings. The summed E-state index contributed by atoms with van der Waals surface area (Å²) < 4.78 is 0. The molecule has 0 bridgehead atoms. The number of H-pyrrole nitrogens is 1. The van der Waals surface area contributed by atoms with Crippen LogP contribution < -0.4 is 5.73 Å². The third-order valence-electron chi connectivity index (χ3n) is 2.42. The molecule has 0 aliphatic heterocycles. The zero-order valence-corrected chi connectivity index (χ0v) is 6.71. The van der Waals surface area contributed by atoms with Crippen molar-refractivity contribution in [2.45, 2.75) is 19.3 Å². The number of fused-ring (bicyclic) bond motifs is 1. The fourth-order valence-corrected chi connectivity index (χ4v) is 1.65. The van der Waals surface area contributed by atoms with Crippen LogP contribution in [-0.4, -0.2) is 16.1 Å². The van der Waals surface area contributed by atoms with Gasteiger partial charge in [-0.3, -0.25) is 9.89 Å². The van der Waals surface area contributed by atoms with Crippen LogP contribution in [0.15, 0.2) is 6.20 Å². The minimum atomic E-state index is -0.199. The van der Waals surface area contributed by atoms with Gasteiger partial charge in [-0.05, 0) is 18.4 Å². The summed E-state index contributed by atoms with van der Waals surface area (Å²) in [5, 5.41) is 6.81. The zero-order valence-electron chi connectivity index (χ0n) is 6.71. The first-order valence-electron chi connectivity index (χ1n) is 4.08. The molecule has 0 radical (unpaired) electrons. The number of nitrogens with zero attached hydrogens (tertiary/aromatic N) is 1. The van der Waals surface area contributed by atoms with Gasteiger partial charge in [0.25, 0.3) is 0 Å². The first-order chi connectivity index (χ1) is 5.77. The molecule has 1 atom stereocenters. The van der Waals surface area contributed by atoms with Crippen molar-refractivity contribution in [3.63, 3.8) is 0 Å². The highest BCUT2D eigenvalue weighted by molar-refractivity contribution is 5.77. The molecule has 1 heterocycles. The van der Waals surface area contributed by atoms with Crippen LogP contribution >= 0.6 is 0 Å². The maximum absolute atomic E-state index is 10.9. The van der Waals surface area contributed by atoms with E-state index in [4.69, 9.17) is 5.73 Å². The lowest BCUT2D eigenvalue weighted by atomic mass is 9.88. The van der Waals surface area contributed by atoms with Gasteiger partial charge in [-0.25, -0.2) is 0 Å². The first kappa shape index (κ1) is 7.34. The normalized spacial score (nSPS) is 21.8. The summed E-state index contributed by atoms with van der Waals surface area (Å²) in [6, 6.07) is 0. The third-order valence-corrected chi connectivity index (χ3v) is 2.42. The summed E-state index contributed by atoms with van der Waals surface area (Å²) in [7, 11) is 0. The van der Waals surface area contributed by atoms with Crippen LogP contribution in [0.25, 0.3) is 0 Å². The molecule has 0 saturated carbocycles. The smallest absolute Gasteiger partial charge is 0.220 e. The Morgan fingerprint density at radius 2 is 2.58 bits per heavy atom. The molecule has 3 N–H and O–H groups in total. The molecule has 2 rings (SSSR count). The number of aryl methyl sites for hydroxylation is 1. The number of aromatic nitrogens is 2. The second-order valence-corrected chi connectivity index (χ2v) is 3.22. The molecule has 4 heteroatoms. The Morgan fingerprint density at radius 3 is 3.33 bits per heavy atom. The van der Waals surface area contributed by atoms with Gasteiger partial charge in [-0.15, -0.1) is 0 Å². The summed E-state index contributed by atoms with van der Waals surface area (Å²) in [5.41, 5.74) is 7.52. The maximum Gasteiger partial charge on any atom is 0.220 e. The van der Waals surface area contributed by atoms with Crippen molar-refractivity contribution in [1.29, 1.82) is 0 Å². The summed E-state index contributed by atoms with van der Waals surface area (Å²) in [5.74, 6) is -0.201. The van der Waals surface area contributed by atoms with Crippen LogP contribution in [-0.2, 0) is 17.6 Å². The minimum absolute atomic E-state index is 0.00190. The summed E-state index contributed by atoms with van der Waals surface area (Å²) in [4.78, 5) is 10.9. The van der Waals surface area contributed by atoms with Crippen molar-refractivity contribution in [3.8, 4) is 0 Å². The largest absolute Gasteiger partial charge is 0.369 e. The number of carbonyl (C=O) groups excluding carboxylic acids is 1. The number of primary amides is 1. The molecular formula is C8H11N3O. The number of nitrogens with one attached hydrogen (secondary N) is 1. The Morgan fingerprint density at radius 1 is 1.75 bits per heavy atom. The summed E-state index contributed by atoms with van der Waals surface area (Å²) in [6.45, 7) is 0. The van der Waals surface area contributed by atoms with Crippen molar-refractivity contribution in [1.82, 2.24) is 10.2 Å². The predicted octanol–water partition coefficient (Wildman–Crippen LogP) is -0.000100. The Bertz CT molecular complexity index is 305. The molecule has 12 heavy (non-hydrogen) atoms. The quantitative estimate of drug-likeness (QED) is 0.614. The highest BCUT2D eigenvalue weighted by Crippen LogP contribution is 2.22. The van der Waals surface area contributed by atoms with Crippen molar-refractivity contribution >= 4 is 5.91 Å². The molecule has 1 aliphatic rings. The monoisotopic (exact) mass is 165 g/mol. The molecule has 1 aliphatic carbocycles. The average molecular weight is 165 g/mol. The van der Waals surface area contributed by atoms with E-state index in [1.54, 1.807) is 0 Å². The van der Waals surface area contributed by atoms with Gasteiger partial charge in [-0.1, -0.05) is 0 Å². The van der Waals surface area contributed by atoms with Gasteiger partial charge in [0.05, 0.1) is 6.20 Å². The van der Waals surface area contributed by atoms with E-state index >= 15 is 0 Å². The lowest BCUT2D eigenvalue weighted by Gasteiger charge is -2.17. The van der Waals surface area contributed by atoms with Crippen LogP contribution in [0, 0.1) is 5.92 Å². The van der Waals surface area contributed by atoms with E-state index in [2.05, 4.69) is 10.2 Å². The third kappa shape index (κ3) is 1.09. The second-order valence-electron chi connectivity index (χ2n) is 3.22. The molecule has 0 saturated heterocycles. The molecule has 4 nitrogen and oxygen atoms in total. The second kappa shape index (κ2) is 2.62. The van der Waals surface area contributed by atoms with E-state index < -0.39 is 0 Å². The van der Waals surface area contributed by atoms with Gasteiger partial charge in [0, 0.05) is 18.0 Å². The van der Waals surface area contributed by atoms with E-state index in [0.717, 1.165) is 25.0 Å². The van der Waals surface area contributed by atoms with Crippen molar-refractivity contribution in [2.24, 2.45) is 11.7 Å². The fraction of sp³-hybridized carbons (Fsp3) is 0.500. The fourth-order valence-electron chi connectivity index (χ4n) is 1.65. The standard InChI is InChI=1S/C8H11N3O/c9-8(12)5-1-2-6-4-10-11-7(6)3-5/h4-5H,1-3H2,(H2,9,12)(H,10,11). The number of rotatable bonds is 1. The van der Waals surface area contributed by atoms with Gasteiger partial charge in [0.2, 0.25) is 5.91 Å². The zero-order chi connectivity index (χ0) is 8.55. The minimum Gasteiger partial charge on any atom is -0.369 e. The highest BCUT2D eigenvalue weighted by atomic mass is 16.1. The van der Waals surface area contributed by atoms with Crippen molar-refractivity contribution in [3.05, 3.63) is 17.5 Å². The molecule has 1 aromatic rings. The van der Waals surface area contributed by atoms with E-state index in [1.807, 2.05) is 6.20 Å². The van der Waals surface area contributed by atoms with Gasteiger partial charge in [0.1, 0.15) is 0 Å². The van der Waals surface area contributed by atoms with Gasteiger partial charge < -0.3 is 5.73 Å². The van der Waals surface area contributed by atoms with Gasteiger partial charge in [-0.2, -0.15) is 5.10 Å². The topological polar surface area (TPSA) is 71.8 Å². The highest BCUT2D eigenvalue weighted by Gasteiger charge is 2.23. The summed E-state index contributed by atoms with van der Waals surface area (Å²) >= 11 is 0. The van der Waals surface area contributed by atoms with Crippen molar-refractivity contribution in [2.75, 3.05) is 0 Å². The number of hydrogen-bond donors (Lipinski definition) is 2. The van der Waals surface area contributed by atoms with E-state index in [0.29, 0.717) is 0 Å². The van der Waals surface area contributed by atoms with Crippen LogP contribution in [0.3, 0.4) is 0 Å². The van der Waals surface area contributed by atoms with Crippen LogP contribution in [0.5, 0.6) is 0 Å². The number of carbonyl (C=O) groups is 1. The number of aromatic amines is 1. The lowest BCUT2D eigenvalue weighted by Crippen LogP contribution is -2.28. The van der Waals surface area contributed by atoms with Gasteiger partial charge in [0.15, 0.2) is 0 Å². The molecule has 0 aromatic carbocycles. The molecule has 64 valence electrons. The Balaban J connectivity index is 2.20. The number of amides is 1. The van der Waals surface area contributed by atoms with Crippen LogP contribution in [0.1, 0.15) is 17.7 Å².